The van der Waals surface area contributed by atoms with Gasteiger partial charge in [0, 0.05) is 38.8 Å². The molecule has 7 heteroatoms. The van der Waals surface area contributed by atoms with Gasteiger partial charge in [-0.3, -0.25) is 0 Å². The van der Waals surface area contributed by atoms with Gasteiger partial charge in [-0.05, 0) is 36.8 Å². The molecule has 2 aromatic heterocycles. The number of aromatic nitrogens is 1. The molecule has 0 N–H and O–H groups in total. The Labute approximate surface area is 192 Å². The maximum Gasteiger partial charge on any atom is 0.414 e. The highest BCUT2D eigenvalue weighted by molar-refractivity contribution is 6.00. The SMILES string of the molecule is CCOc1cccc(CCOc2cc(OC(=O)N(C)C)cc3c2c(C#N)c2ccccn23)c1. The second kappa shape index (κ2) is 9.53. The van der Waals surface area contributed by atoms with E-state index in [2.05, 4.69) is 6.07 Å². The molecule has 0 radical (unpaired) electrons. The second-order valence-electron chi connectivity index (χ2n) is 7.70. The minimum Gasteiger partial charge on any atom is -0.494 e. The van der Waals surface area contributed by atoms with E-state index in [1.165, 1.54) is 4.90 Å². The van der Waals surface area contributed by atoms with E-state index in [0.29, 0.717) is 42.1 Å². The minimum atomic E-state index is -0.491. The van der Waals surface area contributed by atoms with E-state index in [1.807, 2.05) is 60.0 Å². The van der Waals surface area contributed by atoms with Crippen molar-refractivity contribution in [2.45, 2.75) is 13.3 Å². The Bertz CT molecular complexity index is 1350. The van der Waals surface area contributed by atoms with E-state index in [-0.39, 0.29) is 0 Å². The van der Waals surface area contributed by atoms with Crippen LogP contribution >= 0.6 is 0 Å². The van der Waals surface area contributed by atoms with Crippen LogP contribution in [0.4, 0.5) is 4.79 Å². The topological polar surface area (TPSA) is 76.2 Å². The molecule has 0 unspecified atom stereocenters. The van der Waals surface area contributed by atoms with Crippen molar-refractivity contribution in [2.24, 2.45) is 0 Å². The van der Waals surface area contributed by atoms with Crippen LogP contribution in [0.15, 0.2) is 60.8 Å². The van der Waals surface area contributed by atoms with Crippen molar-refractivity contribution in [3.63, 3.8) is 0 Å². The summed E-state index contributed by atoms with van der Waals surface area (Å²) in [6.45, 7) is 2.94. The van der Waals surface area contributed by atoms with Crippen LogP contribution < -0.4 is 14.2 Å². The van der Waals surface area contributed by atoms with Crippen molar-refractivity contribution >= 4 is 22.5 Å². The third kappa shape index (κ3) is 4.55. The largest absolute Gasteiger partial charge is 0.494 e. The van der Waals surface area contributed by atoms with Gasteiger partial charge in [-0.25, -0.2) is 4.79 Å². The predicted molar refractivity (Wildman–Crippen MR) is 126 cm³/mol. The summed E-state index contributed by atoms with van der Waals surface area (Å²) in [5.74, 6) is 1.66. The van der Waals surface area contributed by atoms with Gasteiger partial charge in [-0.15, -0.1) is 0 Å². The molecule has 0 saturated carbocycles. The van der Waals surface area contributed by atoms with Crippen molar-refractivity contribution in [2.75, 3.05) is 27.3 Å². The number of carbonyl (C=O) groups excluding carboxylic acids is 1. The van der Waals surface area contributed by atoms with E-state index in [9.17, 15) is 10.1 Å². The van der Waals surface area contributed by atoms with Crippen molar-refractivity contribution in [1.82, 2.24) is 9.30 Å². The van der Waals surface area contributed by atoms with Crippen LogP contribution in [0.5, 0.6) is 17.2 Å². The van der Waals surface area contributed by atoms with Crippen LogP contribution in [-0.2, 0) is 6.42 Å². The predicted octanol–water partition coefficient (Wildman–Crippen LogP) is 5.04. The van der Waals surface area contributed by atoms with Crippen molar-refractivity contribution in [1.29, 1.82) is 5.26 Å². The van der Waals surface area contributed by atoms with Crippen LogP contribution in [0.25, 0.3) is 16.4 Å². The molecule has 0 atom stereocenters. The number of pyridine rings is 1. The molecular weight excluding hydrogens is 418 g/mol. The molecule has 7 nitrogen and oxygen atoms in total. The van der Waals surface area contributed by atoms with Gasteiger partial charge in [0.1, 0.15) is 23.3 Å². The third-order valence-corrected chi connectivity index (χ3v) is 5.22. The van der Waals surface area contributed by atoms with Gasteiger partial charge in [0.25, 0.3) is 0 Å². The molecule has 0 saturated heterocycles. The van der Waals surface area contributed by atoms with Crippen LogP contribution in [-0.4, -0.2) is 42.7 Å². The maximum atomic E-state index is 12.2. The number of amides is 1. The average Bonchev–Trinajstić information content (AvgIpc) is 3.13. The first-order valence-electron chi connectivity index (χ1n) is 10.7. The molecule has 0 aliphatic carbocycles. The van der Waals surface area contributed by atoms with E-state index >= 15 is 0 Å². The summed E-state index contributed by atoms with van der Waals surface area (Å²) < 4.78 is 19.2. The van der Waals surface area contributed by atoms with Gasteiger partial charge in [0.05, 0.1) is 35.2 Å². The monoisotopic (exact) mass is 443 g/mol. The van der Waals surface area contributed by atoms with Crippen LogP contribution in [0.2, 0.25) is 0 Å². The molecule has 168 valence electrons. The molecule has 0 spiro atoms. The van der Waals surface area contributed by atoms with Gasteiger partial charge >= 0.3 is 6.09 Å². The van der Waals surface area contributed by atoms with Crippen LogP contribution in [0.3, 0.4) is 0 Å². The highest BCUT2D eigenvalue weighted by Crippen LogP contribution is 2.37. The summed E-state index contributed by atoms with van der Waals surface area (Å²) >= 11 is 0. The Morgan fingerprint density at radius 1 is 1.03 bits per heavy atom. The van der Waals surface area contributed by atoms with Crippen molar-refractivity contribution < 1.29 is 19.0 Å². The first-order chi connectivity index (χ1) is 16.0. The zero-order chi connectivity index (χ0) is 23.4. The Kier molecular flexibility index (Phi) is 6.36. The lowest BCUT2D eigenvalue weighted by Crippen LogP contribution is -2.25. The van der Waals surface area contributed by atoms with Gasteiger partial charge in [0.15, 0.2) is 0 Å². The summed E-state index contributed by atoms with van der Waals surface area (Å²) in [6.07, 6.45) is 2.03. The number of nitrogens with zero attached hydrogens (tertiary/aromatic N) is 3. The van der Waals surface area contributed by atoms with Crippen LogP contribution in [0.1, 0.15) is 18.1 Å². The standard InChI is InChI=1S/C26H25N3O4/c1-4-31-19-9-7-8-18(14-19)11-13-32-24-16-20(33-26(30)28(2)3)15-23-25(24)21(17-27)22-10-5-6-12-29(22)23/h5-10,12,14-16H,4,11,13H2,1-3H3. The zero-order valence-electron chi connectivity index (χ0n) is 18.9. The molecule has 0 aliphatic heterocycles. The Morgan fingerprint density at radius 2 is 1.88 bits per heavy atom. The number of rotatable bonds is 7. The minimum absolute atomic E-state index is 0.349. The molecule has 2 aromatic carbocycles. The molecule has 2 heterocycles. The number of benzene rings is 2. The summed E-state index contributed by atoms with van der Waals surface area (Å²) in [5, 5.41) is 10.6. The van der Waals surface area contributed by atoms with E-state index in [1.54, 1.807) is 26.2 Å². The van der Waals surface area contributed by atoms with Gasteiger partial charge in [0.2, 0.25) is 0 Å². The maximum absolute atomic E-state index is 12.2. The molecular formula is C26H25N3O4. The molecule has 4 aromatic rings. The number of carbonyl (C=O) groups is 1. The van der Waals surface area contributed by atoms with Gasteiger partial charge < -0.3 is 23.5 Å². The quantitative estimate of drug-likeness (QED) is 0.400. The van der Waals surface area contributed by atoms with E-state index in [0.717, 1.165) is 22.3 Å². The lowest BCUT2D eigenvalue weighted by Gasteiger charge is -2.14. The Hall–Kier alpha value is -4.18. The number of hydrogen-bond donors (Lipinski definition) is 0. The highest BCUT2D eigenvalue weighted by atomic mass is 16.6. The van der Waals surface area contributed by atoms with Crippen molar-refractivity contribution in [3.05, 3.63) is 71.9 Å². The Balaban J connectivity index is 1.71. The normalized spacial score (nSPS) is 10.7. The molecule has 33 heavy (non-hydrogen) atoms. The molecule has 4 rings (SSSR count). The lowest BCUT2D eigenvalue weighted by molar-refractivity contribution is 0.172. The summed E-state index contributed by atoms with van der Waals surface area (Å²) in [5.41, 5.74) is 3.10. The van der Waals surface area contributed by atoms with Gasteiger partial charge in [-0.1, -0.05) is 18.2 Å². The molecule has 1 amide bonds. The third-order valence-electron chi connectivity index (χ3n) is 5.22. The zero-order valence-corrected chi connectivity index (χ0v) is 18.9. The molecule has 0 bridgehead atoms. The van der Waals surface area contributed by atoms with E-state index in [4.69, 9.17) is 14.2 Å². The fourth-order valence-electron chi connectivity index (χ4n) is 3.72. The first-order valence-corrected chi connectivity index (χ1v) is 10.7. The summed E-state index contributed by atoms with van der Waals surface area (Å²) in [4.78, 5) is 13.5. The first kappa shape index (κ1) is 22.0. The molecule has 0 aliphatic rings. The fraction of sp³-hybridized carbons (Fsp3) is 0.231. The second-order valence-corrected chi connectivity index (χ2v) is 7.70. The van der Waals surface area contributed by atoms with Crippen LogP contribution in [0, 0.1) is 11.3 Å². The lowest BCUT2D eigenvalue weighted by atomic mass is 10.1. The van der Waals surface area contributed by atoms with Crippen molar-refractivity contribution in [3.8, 4) is 23.3 Å². The average molecular weight is 444 g/mol. The smallest absolute Gasteiger partial charge is 0.414 e. The summed E-state index contributed by atoms with van der Waals surface area (Å²) in [6, 6.07) is 19.3. The number of fused-ring (bicyclic) bond motifs is 3. The fourth-order valence-corrected chi connectivity index (χ4v) is 3.72. The number of nitriles is 1. The molecule has 0 fully saturated rings. The number of ether oxygens (including phenoxy) is 3. The highest BCUT2D eigenvalue weighted by Gasteiger charge is 2.19. The van der Waals surface area contributed by atoms with Gasteiger partial charge in [-0.2, -0.15) is 5.26 Å². The number of hydrogen-bond acceptors (Lipinski definition) is 5. The Morgan fingerprint density at radius 3 is 2.64 bits per heavy atom. The summed E-state index contributed by atoms with van der Waals surface area (Å²) in [7, 11) is 3.24. The van der Waals surface area contributed by atoms with E-state index < -0.39 is 6.09 Å².